The molecule has 0 aliphatic carbocycles. The summed E-state index contributed by atoms with van der Waals surface area (Å²) >= 11 is 1.41. The van der Waals surface area contributed by atoms with Crippen LogP contribution in [0.4, 0.5) is 0 Å². The maximum Gasteiger partial charge on any atom is 0.257 e. The highest BCUT2D eigenvalue weighted by molar-refractivity contribution is 8.04. The molecule has 1 saturated heterocycles. The fraction of sp³-hybridized carbons (Fsp3) is 0.360. The van der Waals surface area contributed by atoms with E-state index in [1.807, 2.05) is 30.0 Å². The number of thioether (sulfide) groups is 1. The van der Waals surface area contributed by atoms with E-state index in [1.54, 1.807) is 0 Å². The summed E-state index contributed by atoms with van der Waals surface area (Å²) in [5.74, 6) is -0.293. The molecule has 2 aliphatic heterocycles. The first-order valence-electron chi connectivity index (χ1n) is 10.8. The van der Waals surface area contributed by atoms with Crippen molar-refractivity contribution in [3.63, 3.8) is 0 Å². The van der Waals surface area contributed by atoms with E-state index in [1.165, 1.54) is 22.9 Å². The maximum absolute atomic E-state index is 13.5. The fourth-order valence-corrected chi connectivity index (χ4v) is 5.70. The zero-order valence-corrected chi connectivity index (χ0v) is 18.9. The first-order valence-corrected chi connectivity index (χ1v) is 11.7. The van der Waals surface area contributed by atoms with Crippen molar-refractivity contribution in [2.24, 2.45) is 11.7 Å². The summed E-state index contributed by atoms with van der Waals surface area (Å²) in [7, 11) is 0. The summed E-state index contributed by atoms with van der Waals surface area (Å²) in [6, 6.07) is 18.6. The van der Waals surface area contributed by atoms with Crippen LogP contribution in [0.5, 0.6) is 0 Å². The second kappa shape index (κ2) is 9.18. The topological polar surface area (TPSA) is 66.6 Å². The van der Waals surface area contributed by atoms with Crippen molar-refractivity contribution in [2.75, 3.05) is 6.54 Å². The van der Waals surface area contributed by atoms with E-state index in [0.717, 1.165) is 30.5 Å². The van der Waals surface area contributed by atoms with Gasteiger partial charge in [-0.15, -0.1) is 0 Å². The number of primary amides is 1. The summed E-state index contributed by atoms with van der Waals surface area (Å²) in [6.07, 6.45) is 2.61. The molecule has 5 nitrogen and oxygen atoms in total. The molecular weight excluding hydrogens is 406 g/mol. The second-order valence-corrected chi connectivity index (χ2v) is 9.46. The summed E-state index contributed by atoms with van der Waals surface area (Å²) < 4.78 is 0. The Balaban J connectivity index is 1.56. The minimum Gasteiger partial charge on any atom is -0.365 e. The molecule has 2 amide bonds. The second-order valence-electron chi connectivity index (χ2n) is 8.40. The van der Waals surface area contributed by atoms with Crippen molar-refractivity contribution < 1.29 is 9.59 Å². The number of carbonyl (C=O) groups excluding carboxylic acids is 2. The molecule has 0 bridgehead atoms. The van der Waals surface area contributed by atoms with Crippen LogP contribution in [0.25, 0.3) is 0 Å². The lowest BCUT2D eigenvalue weighted by atomic mass is 9.90. The van der Waals surface area contributed by atoms with Crippen LogP contribution < -0.4 is 5.73 Å². The molecule has 2 aliphatic rings. The van der Waals surface area contributed by atoms with Crippen molar-refractivity contribution in [1.29, 1.82) is 0 Å². The molecule has 2 heterocycles. The van der Waals surface area contributed by atoms with Crippen LogP contribution in [0.15, 0.2) is 65.2 Å². The number of benzene rings is 2. The summed E-state index contributed by atoms with van der Waals surface area (Å²) in [4.78, 5) is 30.2. The molecule has 0 radical (unpaired) electrons. The Labute approximate surface area is 188 Å². The largest absolute Gasteiger partial charge is 0.365 e. The van der Waals surface area contributed by atoms with Gasteiger partial charge in [-0.2, -0.15) is 0 Å². The molecule has 31 heavy (non-hydrogen) atoms. The van der Waals surface area contributed by atoms with Crippen LogP contribution in [-0.2, 0) is 22.6 Å². The van der Waals surface area contributed by atoms with Gasteiger partial charge in [-0.3, -0.25) is 9.59 Å². The molecule has 2 aromatic carbocycles. The predicted molar refractivity (Wildman–Crippen MR) is 125 cm³/mol. The van der Waals surface area contributed by atoms with Gasteiger partial charge in [0.05, 0.1) is 4.91 Å². The van der Waals surface area contributed by atoms with Gasteiger partial charge in [-0.1, -0.05) is 71.9 Å². The van der Waals surface area contributed by atoms with Gasteiger partial charge >= 0.3 is 0 Å². The van der Waals surface area contributed by atoms with E-state index in [-0.39, 0.29) is 17.3 Å². The summed E-state index contributed by atoms with van der Waals surface area (Å²) in [6.45, 7) is 5.33. The van der Waals surface area contributed by atoms with Crippen LogP contribution in [0.2, 0.25) is 0 Å². The van der Waals surface area contributed by atoms with E-state index in [9.17, 15) is 9.59 Å². The highest BCUT2D eigenvalue weighted by Gasteiger charge is 2.41. The van der Waals surface area contributed by atoms with Gasteiger partial charge in [-0.25, -0.2) is 0 Å². The average Bonchev–Trinajstić information content (AvgIpc) is 3.08. The third-order valence-corrected chi connectivity index (χ3v) is 7.57. The Morgan fingerprint density at radius 3 is 2.45 bits per heavy atom. The molecule has 0 saturated carbocycles. The van der Waals surface area contributed by atoms with E-state index >= 15 is 0 Å². The Hall–Kier alpha value is -2.73. The van der Waals surface area contributed by atoms with Gasteiger partial charge < -0.3 is 15.5 Å². The molecule has 0 aromatic heterocycles. The van der Waals surface area contributed by atoms with Crippen molar-refractivity contribution in [2.45, 2.75) is 45.2 Å². The summed E-state index contributed by atoms with van der Waals surface area (Å²) in [5, 5.41) is 0. The highest BCUT2D eigenvalue weighted by atomic mass is 32.2. The molecule has 2 unspecified atom stereocenters. The molecule has 1 fully saturated rings. The van der Waals surface area contributed by atoms with Crippen LogP contribution >= 0.6 is 11.8 Å². The fourth-order valence-electron chi connectivity index (χ4n) is 4.39. The predicted octanol–water partition coefficient (Wildman–Crippen LogP) is 4.03. The monoisotopic (exact) mass is 435 g/mol. The van der Waals surface area contributed by atoms with Gasteiger partial charge in [0.1, 0.15) is 0 Å². The lowest BCUT2D eigenvalue weighted by Crippen LogP contribution is -2.51. The molecular formula is C25H29N3O2S. The van der Waals surface area contributed by atoms with Gasteiger partial charge in [0.25, 0.3) is 5.91 Å². The number of allylic oxidation sites excluding steroid dienone is 1. The number of carbonyl (C=O) groups is 2. The first-order chi connectivity index (χ1) is 14.9. The Kier molecular flexibility index (Phi) is 6.37. The smallest absolute Gasteiger partial charge is 0.257 e. The SMILES string of the molecule is CC1=C(C(N)=O)SC(N2CCCC(Cc3ccc(C)cc3)C2=O)N1Cc1ccccc1. The standard InChI is InChI=1S/C25H29N3O2S/c1-17-10-12-19(13-11-17)15-21-9-6-14-27(24(21)30)25-28(16-20-7-4-3-5-8-20)18(2)22(31-25)23(26)29/h3-5,7-8,10-13,21,25H,6,9,14-16H2,1-2H3,(H2,26,29). The minimum atomic E-state index is -0.427. The van der Waals surface area contributed by atoms with Crippen molar-refractivity contribution in [1.82, 2.24) is 9.80 Å². The zero-order valence-electron chi connectivity index (χ0n) is 18.1. The number of rotatable bonds is 6. The number of hydrogen-bond acceptors (Lipinski definition) is 4. The van der Waals surface area contributed by atoms with E-state index in [0.29, 0.717) is 18.0 Å². The molecule has 2 aromatic rings. The number of hydrogen-bond donors (Lipinski definition) is 1. The molecule has 0 spiro atoms. The third-order valence-electron chi connectivity index (χ3n) is 6.12. The maximum atomic E-state index is 13.5. The molecule has 162 valence electrons. The number of likely N-dealkylation sites (tertiary alicyclic amines) is 1. The Bertz CT molecular complexity index is 988. The van der Waals surface area contributed by atoms with Crippen molar-refractivity contribution in [3.8, 4) is 0 Å². The lowest BCUT2D eigenvalue weighted by Gasteiger charge is -2.41. The normalized spacial score (nSPS) is 21.7. The van der Waals surface area contributed by atoms with Crippen molar-refractivity contribution >= 4 is 23.6 Å². The van der Waals surface area contributed by atoms with Gasteiger partial charge in [0.2, 0.25) is 5.91 Å². The molecule has 6 heteroatoms. The zero-order chi connectivity index (χ0) is 22.0. The Morgan fingerprint density at radius 2 is 1.77 bits per heavy atom. The quantitative estimate of drug-likeness (QED) is 0.744. The number of amides is 2. The number of nitrogens with two attached hydrogens (primary N) is 1. The van der Waals surface area contributed by atoms with Crippen LogP contribution in [0.1, 0.15) is 36.5 Å². The molecule has 2 atom stereocenters. The van der Waals surface area contributed by atoms with Crippen LogP contribution in [0, 0.1) is 12.8 Å². The Morgan fingerprint density at radius 1 is 1.06 bits per heavy atom. The van der Waals surface area contributed by atoms with E-state index < -0.39 is 5.91 Å². The first kappa shape index (κ1) is 21.5. The van der Waals surface area contributed by atoms with Gasteiger partial charge in [0, 0.05) is 24.7 Å². The number of aryl methyl sites for hydroxylation is 1. The highest BCUT2D eigenvalue weighted by Crippen LogP contribution is 2.42. The van der Waals surface area contributed by atoms with Gasteiger partial charge in [0.15, 0.2) is 5.50 Å². The summed E-state index contributed by atoms with van der Waals surface area (Å²) in [5.41, 5.74) is 9.82. The van der Waals surface area contributed by atoms with Crippen LogP contribution in [0.3, 0.4) is 0 Å². The minimum absolute atomic E-state index is 0.0337. The van der Waals surface area contributed by atoms with E-state index in [4.69, 9.17) is 5.73 Å². The lowest BCUT2D eigenvalue weighted by molar-refractivity contribution is -0.141. The van der Waals surface area contributed by atoms with Crippen molar-refractivity contribution in [3.05, 3.63) is 81.9 Å². The average molecular weight is 436 g/mol. The molecule has 4 rings (SSSR count). The van der Waals surface area contributed by atoms with Crippen LogP contribution in [-0.4, -0.2) is 33.7 Å². The molecule has 2 N–H and O–H groups in total. The third kappa shape index (κ3) is 4.64. The number of piperidine rings is 1. The van der Waals surface area contributed by atoms with Gasteiger partial charge in [-0.05, 0) is 44.2 Å². The van der Waals surface area contributed by atoms with E-state index in [2.05, 4.69) is 48.2 Å². The number of nitrogens with zero attached hydrogens (tertiary/aromatic N) is 2.